The molecule has 2 aromatic rings. The molecule has 26 heavy (non-hydrogen) atoms. The normalized spacial score (nSPS) is 14.2. The number of aromatic nitrogens is 2. The summed E-state index contributed by atoms with van der Waals surface area (Å²) in [6.07, 6.45) is 0.883. The van der Waals surface area contributed by atoms with E-state index in [1.165, 1.54) is 0 Å². The van der Waals surface area contributed by atoms with Crippen molar-refractivity contribution in [2.24, 2.45) is 0 Å². The summed E-state index contributed by atoms with van der Waals surface area (Å²) in [5, 5.41) is 6.13. The SMILES string of the molecule is CCCNC(=O)c1cc(C)nc(Nc2ccccc2N2CCOCC2)n1. The van der Waals surface area contributed by atoms with Gasteiger partial charge in [-0.2, -0.15) is 0 Å². The highest BCUT2D eigenvalue weighted by Gasteiger charge is 2.16. The van der Waals surface area contributed by atoms with E-state index in [-0.39, 0.29) is 5.91 Å². The van der Waals surface area contributed by atoms with Gasteiger partial charge in [-0.1, -0.05) is 19.1 Å². The fourth-order valence-corrected chi connectivity index (χ4v) is 2.85. The number of morpholine rings is 1. The van der Waals surface area contributed by atoms with Crippen molar-refractivity contribution in [3.05, 3.63) is 41.7 Å². The summed E-state index contributed by atoms with van der Waals surface area (Å²) in [4.78, 5) is 23.3. The molecule has 2 heterocycles. The van der Waals surface area contributed by atoms with E-state index in [4.69, 9.17) is 4.74 Å². The van der Waals surface area contributed by atoms with E-state index in [0.717, 1.165) is 49.8 Å². The molecule has 0 atom stereocenters. The number of nitrogens with zero attached hydrogens (tertiary/aromatic N) is 3. The fourth-order valence-electron chi connectivity index (χ4n) is 2.85. The first-order valence-corrected chi connectivity index (χ1v) is 9.00. The van der Waals surface area contributed by atoms with Crippen LogP contribution >= 0.6 is 0 Å². The molecule has 7 heteroatoms. The Morgan fingerprint density at radius 1 is 1.23 bits per heavy atom. The summed E-state index contributed by atoms with van der Waals surface area (Å²) in [6, 6.07) is 9.74. The summed E-state index contributed by atoms with van der Waals surface area (Å²) >= 11 is 0. The maximum atomic E-state index is 12.2. The second-order valence-corrected chi connectivity index (χ2v) is 6.22. The molecule has 1 aromatic carbocycles. The molecule has 1 amide bonds. The van der Waals surface area contributed by atoms with Gasteiger partial charge in [0.25, 0.3) is 5.91 Å². The second kappa shape index (κ2) is 8.62. The van der Waals surface area contributed by atoms with Crippen LogP contribution < -0.4 is 15.5 Å². The lowest BCUT2D eigenvalue weighted by Gasteiger charge is -2.30. The van der Waals surface area contributed by atoms with Gasteiger partial charge in [0.1, 0.15) is 5.69 Å². The first-order chi connectivity index (χ1) is 12.7. The van der Waals surface area contributed by atoms with Gasteiger partial charge in [-0.3, -0.25) is 4.79 Å². The lowest BCUT2D eigenvalue weighted by atomic mass is 10.2. The Hall–Kier alpha value is -2.67. The first kappa shape index (κ1) is 18.1. The van der Waals surface area contributed by atoms with Crippen molar-refractivity contribution in [2.75, 3.05) is 43.1 Å². The van der Waals surface area contributed by atoms with E-state index in [1.807, 2.05) is 32.0 Å². The molecule has 0 unspecified atom stereocenters. The Morgan fingerprint density at radius 2 is 2.00 bits per heavy atom. The number of carbonyl (C=O) groups excluding carboxylic acids is 1. The molecule has 2 N–H and O–H groups in total. The quantitative estimate of drug-likeness (QED) is 0.829. The Bertz CT molecular complexity index is 759. The summed E-state index contributed by atoms with van der Waals surface area (Å²) in [6.45, 7) is 7.63. The molecular formula is C19H25N5O2. The molecule has 138 valence electrons. The van der Waals surface area contributed by atoms with E-state index < -0.39 is 0 Å². The van der Waals surface area contributed by atoms with Gasteiger partial charge in [0, 0.05) is 25.3 Å². The summed E-state index contributed by atoms with van der Waals surface area (Å²) in [5.74, 6) is 0.245. The largest absolute Gasteiger partial charge is 0.378 e. The van der Waals surface area contributed by atoms with E-state index in [2.05, 4.69) is 31.6 Å². The van der Waals surface area contributed by atoms with Crippen molar-refractivity contribution in [3.63, 3.8) is 0 Å². The number of benzene rings is 1. The summed E-state index contributed by atoms with van der Waals surface area (Å²) in [5.41, 5.74) is 3.11. The van der Waals surface area contributed by atoms with Crippen LogP contribution in [0.1, 0.15) is 29.5 Å². The Labute approximate surface area is 153 Å². The molecule has 1 fully saturated rings. The van der Waals surface area contributed by atoms with Gasteiger partial charge in [0.2, 0.25) is 5.95 Å². The highest BCUT2D eigenvalue weighted by atomic mass is 16.5. The van der Waals surface area contributed by atoms with Crippen molar-refractivity contribution >= 4 is 23.2 Å². The fraction of sp³-hybridized carbons (Fsp3) is 0.421. The van der Waals surface area contributed by atoms with Crippen LogP contribution in [0.5, 0.6) is 0 Å². The predicted octanol–water partition coefficient (Wildman–Crippen LogP) is 2.51. The van der Waals surface area contributed by atoms with E-state index >= 15 is 0 Å². The monoisotopic (exact) mass is 355 g/mol. The number of nitrogens with one attached hydrogen (secondary N) is 2. The van der Waals surface area contributed by atoms with Crippen LogP contribution in [0.2, 0.25) is 0 Å². The number of para-hydroxylation sites is 2. The summed E-state index contributed by atoms with van der Waals surface area (Å²) in [7, 11) is 0. The summed E-state index contributed by atoms with van der Waals surface area (Å²) < 4.78 is 5.44. The molecule has 0 saturated carbocycles. The minimum atomic E-state index is -0.179. The highest BCUT2D eigenvalue weighted by Crippen LogP contribution is 2.28. The number of carbonyl (C=O) groups is 1. The standard InChI is InChI=1S/C19H25N5O2/c1-3-8-20-18(25)16-13-14(2)21-19(23-16)22-15-6-4-5-7-17(15)24-9-11-26-12-10-24/h4-7,13H,3,8-12H2,1-2H3,(H,20,25)(H,21,22,23). The lowest BCUT2D eigenvalue weighted by Crippen LogP contribution is -2.36. The number of ether oxygens (including phenoxy) is 1. The third-order valence-corrected chi connectivity index (χ3v) is 4.12. The predicted molar refractivity (Wildman–Crippen MR) is 102 cm³/mol. The van der Waals surface area contributed by atoms with E-state index in [9.17, 15) is 4.79 Å². The van der Waals surface area contributed by atoms with Gasteiger partial charge in [0.05, 0.1) is 24.6 Å². The first-order valence-electron chi connectivity index (χ1n) is 9.00. The molecule has 1 aromatic heterocycles. The van der Waals surface area contributed by atoms with Crippen LogP contribution in [0.25, 0.3) is 0 Å². The molecule has 0 spiro atoms. The topological polar surface area (TPSA) is 79.4 Å². The molecule has 0 radical (unpaired) electrons. The van der Waals surface area contributed by atoms with Gasteiger partial charge in [-0.15, -0.1) is 0 Å². The van der Waals surface area contributed by atoms with Gasteiger partial charge in [0.15, 0.2) is 0 Å². The third kappa shape index (κ3) is 4.49. The van der Waals surface area contributed by atoms with E-state index in [0.29, 0.717) is 18.2 Å². The van der Waals surface area contributed by atoms with Gasteiger partial charge >= 0.3 is 0 Å². The molecular weight excluding hydrogens is 330 g/mol. The van der Waals surface area contributed by atoms with Crippen LogP contribution in [0, 0.1) is 6.92 Å². The Balaban J connectivity index is 1.83. The number of rotatable bonds is 6. The molecule has 1 aliphatic heterocycles. The van der Waals surface area contributed by atoms with Crippen LogP contribution in [0.3, 0.4) is 0 Å². The minimum absolute atomic E-state index is 0.179. The van der Waals surface area contributed by atoms with Crippen LogP contribution in [-0.2, 0) is 4.74 Å². The Kier molecular flexibility index (Phi) is 6.01. The van der Waals surface area contributed by atoms with Crippen molar-refractivity contribution in [2.45, 2.75) is 20.3 Å². The van der Waals surface area contributed by atoms with Crippen molar-refractivity contribution in [3.8, 4) is 0 Å². The molecule has 0 bridgehead atoms. The zero-order valence-corrected chi connectivity index (χ0v) is 15.3. The second-order valence-electron chi connectivity index (χ2n) is 6.22. The smallest absolute Gasteiger partial charge is 0.270 e. The number of amides is 1. The average molecular weight is 355 g/mol. The van der Waals surface area contributed by atoms with Crippen LogP contribution in [-0.4, -0.2) is 48.7 Å². The lowest BCUT2D eigenvalue weighted by molar-refractivity contribution is 0.0948. The maximum Gasteiger partial charge on any atom is 0.270 e. The molecule has 0 aliphatic carbocycles. The van der Waals surface area contributed by atoms with Crippen molar-refractivity contribution < 1.29 is 9.53 Å². The molecule has 1 saturated heterocycles. The average Bonchev–Trinajstić information content (AvgIpc) is 2.67. The van der Waals surface area contributed by atoms with Crippen LogP contribution in [0.15, 0.2) is 30.3 Å². The molecule has 1 aliphatic rings. The molecule has 3 rings (SSSR count). The number of hydrogen-bond acceptors (Lipinski definition) is 6. The number of hydrogen-bond donors (Lipinski definition) is 2. The van der Waals surface area contributed by atoms with Gasteiger partial charge in [-0.25, -0.2) is 9.97 Å². The third-order valence-electron chi connectivity index (χ3n) is 4.12. The van der Waals surface area contributed by atoms with Gasteiger partial charge in [-0.05, 0) is 31.5 Å². The zero-order valence-electron chi connectivity index (χ0n) is 15.3. The van der Waals surface area contributed by atoms with E-state index in [1.54, 1.807) is 6.07 Å². The zero-order chi connectivity index (χ0) is 18.4. The number of anilines is 3. The minimum Gasteiger partial charge on any atom is -0.378 e. The Morgan fingerprint density at radius 3 is 2.77 bits per heavy atom. The van der Waals surface area contributed by atoms with Crippen molar-refractivity contribution in [1.29, 1.82) is 0 Å². The number of aryl methyl sites for hydroxylation is 1. The van der Waals surface area contributed by atoms with Crippen LogP contribution in [0.4, 0.5) is 17.3 Å². The molecule has 7 nitrogen and oxygen atoms in total. The highest BCUT2D eigenvalue weighted by molar-refractivity contribution is 5.92. The van der Waals surface area contributed by atoms with Gasteiger partial charge < -0.3 is 20.3 Å². The van der Waals surface area contributed by atoms with Crippen molar-refractivity contribution in [1.82, 2.24) is 15.3 Å². The maximum absolute atomic E-state index is 12.2.